The van der Waals surface area contributed by atoms with Crippen LogP contribution < -0.4 is 5.32 Å². The molecule has 3 unspecified atom stereocenters. The van der Waals surface area contributed by atoms with Crippen LogP contribution in [0.5, 0.6) is 0 Å². The maximum Gasteiger partial charge on any atom is 0.265 e. The Morgan fingerprint density at radius 3 is 2.39 bits per heavy atom. The van der Waals surface area contributed by atoms with E-state index in [2.05, 4.69) is 24.4 Å². The van der Waals surface area contributed by atoms with E-state index in [0.29, 0.717) is 17.1 Å². The summed E-state index contributed by atoms with van der Waals surface area (Å²) in [5.74, 6) is 0.485. The van der Waals surface area contributed by atoms with Gasteiger partial charge in [0.2, 0.25) is 5.91 Å². The van der Waals surface area contributed by atoms with E-state index < -0.39 is 6.04 Å². The van der Waals surface area contributed by atoms with Crippen molar-refractivity contribution in [3.8, 4) is 0 Å². The lowest BCUT2D eigenvalue weighted by Gasteiger charge is -2.29. The molecule has 1 aromatic heterocycles. The molecule has 6 heteroatoms. The second-order valence-electron chi connectivity index (χ2n) is 7.56. The molecule has 1 N–H and O–H groups in total. The van der Waals surface area contributed by atoms with Gasteiger partial charge >= 0.3 is 0 Å². The second-order valence-corrected chi connectivity index (χ2v) is 9.72. The van der Waals surface area contributed by atoms with E-state index >= 15 is 0 Å². The second kappa shape index (κ2) is 10.2. The van der Waals surface area contributed by atoms with Crippen molar-refractivity contribution in [2.45, 2.75) is 37.2 Å². The molecule has 2 amide bonds. The van der Waals surface area contributed by atoms with Crippen molar-refractivity contribution >= 4 is 34.9 Å². The fraction of sp³-hybridized carbons (Fsp3) is 0.280. The number of hydrogen-bond donors (Lipinski definition) is 1. The zero-order valence-corrected chi connectivity index (χ0v) is 19.1. The molecule has 160 valence electrons. The van der Waals surface area contributed by atoms with Crippen molar-refractivity contribution in [3.63, 3.8) is 0 Å². The largest absolute Gasteiger partial charge is 0.347 e. The Kier molecular flexibility index (Phi) is 7.10. The summed E-state index contributed by atoms with van der Waals surface area (Å²) >= 11 is 3.11. The number of nitrogens with one attached hydrogen (secondary N) is 1. The average Bonchev–Trinajstić information content (AvgIpc) is 3.49. The molecule has 3 aromatic rings. The molecule has 3 atom stereocenters. The molecule has 1 aliphatic heterocycles. The molecule has 4 nitrogen and oxygen atoms in total. The fourth-order valence-corrected chi connectivity index (χ4v) is 5.96. The van der Waals surface area contributed by atoms with Crippen LogP contribution in [0.3, 0.4) is 0 Å². The van der Waals surface area contributed by atoms with Crippen molar-refractivity contribution in [2.75, 3.05) is 5.75 Å². The lowest BCUT2D eigenvalue weighted by Crippen LogP contribution is -2.50. The van der Waals surface area contributed by atoms with Gasteiger partial charge in [-0.05, 0) is 35.4 Å². The van der Waals surface area contributed by atoms with Crippen molar-refractivity contribution in [1.82, 2.24) is 10.2 Å². The monoisotopic (exact) mass is 450 g/mol. The van der Waals surface area contributed by atoms with Crippen LogP contribution in [-0.4, -0.2) is 33.9 Å². The van der Waals surface area contributed by atoms with Gasteiger partial charge in [-0.15, -0.1) is 23.1 Å². The minimum Gasteiger partial charge on any atom is -0.347 e. The SMILES string of the molecule is CCC1SCC(C(=O)NC(Cc2ccccc2)c2ccccc2)N1C(=O)c1cccs1. The molecule has 31 heavy (non-hydrogen) atoms. The molecule has 1 saturated heterocycles. The molecule has 2 aromatic carbocycles. The quantitative estimate of drug-likeness (QED) is 0.542. The maximum absolute atomic E-state index is 13.5. The van der Waals surface area contributed by atoms with Crippen LogP contribution in [0.15, 0.2) is 78.2 Å². The summed E-state index contributed by atoms with van der Waals surface area (Å²) in [5, 5.41) is 5.18. The third kappa shape index (κ3) is 5.02. The number of nitrogens with zero attached hydrogens (tertiary/aromatic N) is 1. The van der Waals surface area contributed by atoms with Gasteiger partial charge in [0.15, 0.2) is 0 Å². The van der Waals surface area contributed by atoms with Gasteiger partial charge in [-0.2, -0.15) is 0 Å². The first-order valence-electron chi connectivity index (χ1n) is 10.5. The summed E-state index contributed by atoms with van der Waals surface area (Å²) in [4.78, 5) is 29.1. The Morgan fingerprint density at radius 1 is 1.03 bits per heavy atom. The van der Waals surface area contributed by atoms with Crippen LogP contribution in [0.25, 0.3) is 0 Å². The van der Waals surface area contributed by atoms with Crippen LogP contribution in [-0.2, 0) is 11.2 Å². The Balaban J connectivity index is 1.56. The van der Waals surface area contributed by atoms with Gasteiger partial charge in [0.1, 0.15) is 6.04 Å². The molecule has 1 aliphatic rings. The van der Waals surface area contributed by atoms with Gasteiger partial charge < -0.3 is 10.2 Å². The molecule has 1 fully saturated rings. The Hall–Kier alpha value is -2.57. The van der Waals surface area contributed by atoms with Gasteiger partial charge in [0.25, 0.3) is 5.91 Å². The lowest BCUT2D eigenvalue weighted by atomic mass is 9.98. The molecule has 0 aliphatic carbocycles. The third-order valence-corrected chi connectivity index (χ3v) is 7.82. The van der Waals surface area contributed by atoms with Gasteiger partial charge in [-0.25, -0.2) is 0 Å². The first kappa shape index (κ1) is 21.7. The highest BCUT2D eigenvalue weighted by Gasteiger charge is 2.41. The van der Waals surface area contributed by atoms with Gasteiger partial charge in [-0.1, -0.05) is 73.7 Å². The molecule has 0 radical (unpaired) electrons. The molecule has 4 rings (SSSR count). The van der Waals surface area contributed by atoms with Gasteiger partial charge in [0.05, 0.1) is 16.3 Å². The van der Waals surface area contributed by atoms with E-state index in [1.54, 1.807) is 16.7 Å². The van der Waals surface area contributed by atoms with Crippen LogP contribution in [0.4, 0.5) is 0 Å². The normalized spacial score (nSPS) is 19.2. The van der Waals surface area contributed by atoms with Crippen molar-refractivity contribution in [2.24, 2.45) is 0 Å². The van der Waals surface area contributed by atoms with Crippen LogP contribution >= 0.6 is 23.1 Å². The molecule has 0 spiro atoms. The van der Waals surface area contributed by atoms with Crippen molar-refractivity contribution in [3.05, 3.63) is 94.2 Å². The smallest absolute Gasteiger partial charge is 0.265 e. The number of carbonyl (C=O) groups is 2. The number of rotatable bonds is 7. The first-order valence-corrected chi connectivity index (χ1v) is 12.5. The zero-order valence-electron chi connectivity index (χ0n) is 17.4. The summed E-state index contributed by atoms with van der Waals surface area (Å²) in [7, 11) is 0. The number of benzene rings is 2. The van der Waals surface area contributed by atoms with E-state index in [1.165, 1.54) is 11.3 Å². The molecular weight excluding hydrogens is 424 g/mol. The highest BCUT2D eigenvalue weighted by atomic mass is 32.2. The van der Waals surface area contributed by atoms with Crippen LogP contribution in [0, 0.1) is 0 Å². The van der Waals surface area contributed by atoms with E-state index in [0.717, 1.165) is 17.5 Å². The molecule has 2 heterocycles. The minimum atomic E-state index is -0.466. The average molecular weight is 451 g/mol. The van der Waals surface area contributed by atoms with Gasteiger partial charge in [-0.3, -0.25) is 9.59 Å². The van der Waals surface area contributed by atoms with Crippen molar-refractivity contribution in [1.29, 1.82) is 0 Å². The molecule has 0 saturated carbocycles. The summed E-state index contributed by atoms with van der Waals surface area (Å²) in [5.41, 5.74) is 2.23. The number of thioether (sulfide) groups is 1. The van der Waals surface area contributed by atoms with Crippen LogP contribution in [0.1, 0.15) is 40.2 Å². The number of carbonyl (C=O) groups excluding carboxylic acids is 2. The summed E-state index contributed by atoms with van der Waals surface area (Å²) in [6.07, 6.45) is 1.52. The Morgan fingerprint density at radius 2 is 1.74 bits per heavy atom. The third-order valence-electron chi connectivity index (χ3n) is 5.51. The predicted molar refractivity (Wildman–Crippen MR) is 128 cm³/mol. The van der Waals surface area contributed by atoms with Crippen molar-refractivity contribution < 1.29 is 9.59 Å². The minimum absolute atomic E-state index is 0.0228. The maximum atomic E-state index is 13.5. The number of hydrogen-bond acceptors (Lipinski definition) is 4. The fourth-order valence-electron chi connectivity index (χ4n) is 3.94. The molecular formula is C25H26N2O2S2. The molecule has 0 bridgehead atoms. The topological polar surface area (TPSA) is 49.4 Å². The first-order chi connectivity index (χ1) is 15.2. The summed E-state index contributed by atoms with van der Waals surface area (Å²) in [6.45, 7) is 2.06. The van der Waals surface area contributed by atoms with E-state index in [1.807, 2.05) is 66.0 Å². The lowest BCUT2D eigenvalue weighted by molar-refractivity contribution is -0.125. The predicted octanol–water partition coefficient (Wildman–Crippen LogP) is 5.14. The number of thiophene rings is 1. The summed E-state index contributed by atoms with van der Waals surface area (Å²) < 4.78 is 0. The highest BCUT2D eigenvalue weighted by molar-refractivity contribution is 8.00. The van der Waals surface area contributed by atoms with Gasteiger partial charge in [0, 0.05) is 5.75 Å². The Bertz CT molecular complexity index is 993. The van der Waals surface area contributed by atoms with E-state index in [-0.39, 0.29) is 23.2 Å². The van der Waals surface area contributed by atoms with Crippen LogP contribution in [0.2, 0.25) is 0 Å². The van der Waals surface area contributed by atoms with E-state index in [9.17, 15) is 9.59 Å². The number of amides is 2. The summed E-state index contributed by atoms with van der Waals surface area (Å²) in [6, 6.07) is 23.3. The standard InChI is InChI=1S/C25H26N2O2S2/c1-2-23-27(25(29)22-14-9-15-30-22)21(17-31-23)24(28)26-20(19-12-7-4-8-13-19)16-18-10-5-3-6-11-18/h3-15,20-21,23H,2,16-17H2,1H3,(H,26,28). The zero-order chi connectivity index (χ0) is 21.6. The Labute approximate surface area is 191 Å². The van der Waals surface area contributed by atoms with E-state index in [4.69, 9.17) is 0 Å². The highest BCUT2D eigenvalue weighted by Crippen LogP contribution is 2.34.